The number of benzene rings is 1. The van der Waals surface area contributed by atoms with Crippen molar-refractivity contribution in [2.75, 3.05) is 6.54 Å². The van der Waals surface area contributed by atoms with Gasteiger partial charge in [0.2, 0.25) is 0 Å². The first-order valence-corrected chi connectivity index (χ1v) is 6.39. The summed E-state index contributed by atoms with van der Waals surface area (Å²) in [5.41, 5.74) is -0.393. The van der Waals surface area contributed by atoms with Gasteiger partial charge in [0, 0.05) is 0 Å². The highest BCUT2D eigenvalue weighted by Gasteiger charge is 2.41. The van der Waals surface area contributed by atoms with E-state index in [1.165, 1.54) is 0 Å². The van der Waals surface area contributed by atoms with Crippen LogP contribution in [0.15, 0.2) is 24.3 Å². The molecule has 0 aliphatic heterocycles. The maximum Gasteiger partial charge on any atom is 0.401 e. The molecule has 1 aromatic carbocycles. The summed E-state index contributed by atoms with van der Waals surface area (Å²) in [7, 11) is 0. The number of halogens is 3. The van der Waals surface area contributed by atoms with Gasteiger partial charge in [-0.2, -0.15) is 13.2 Å². The number of carbonyl (C=O) groups is 1. The molecule has 0 aromatic heterocycles. The lowest BCUT2D eigenvalue weighted by atomic mass is 9.86. The second-order valence-electron chi connectivity index (χ2n) is 4.58. The van der Waals surface area contributed by atoms with Crippen molar-refractivity contribution in [1.29, 1.82) is 0 Å². The van der Waals surface area contributed by atoms with E-state index >= 15 is 0 Å². The summed E-state index contributed by atoms with van der Waals surface area (Å²) in [6.45, 7) is 2.15. The molecule has 112 valence electrons. The maximum atomic E-state index is 12.4. The largest absolute Gasteiger partial charge is 0.480 e. The van der Waals surface area contributed by atoms with Crippen LogP contribution in [0.2, 0.25) is 0 Å². The molecule has 0 aliphatic rings. The van der Waals surface area contributed by atoms with E-state index in [4.69, 9.17) is 0 Å². The van der Waals surface area contributed by atoms with E-state index in [-0.39, 0.29) is 6.42 Å². The van der Waals surface area contributed by atoms with E-state index in [9.17, 15) is 23.1 Å². The molecule has 1 aromatic rings. The van der Waals surface area contributed by atoms with Gasteiger partial charge in [0.05, 0.1) is 6.54 Å². The van der Waals surface area contributed by atoms with Gasteiger partial charge in [0.1, 0.15) is 5.54 Å². The topological polar surface area (TPSA) is 49.3 Å². The summed E-state index contributed by atoms with van der Waals surface area (Å²) in [6, 6.07) is 6.61. The zero-order valence-electron chi connectivity index (χ0n) is 11.4. The van der Waals surface area contributed by atoms with Gasteiger partial charge in [-0.25, -0.2) is 4.79 Å². The standard InChI is InChI=1S/C14H18F3NO2/c1-3-10-5-7-11(8-6-10)13(4-2,12(19)20)18-9-14(15,16)17/h5-8,18H,3-4,9H2,1-2H3,(H,19,20). The third-order valence-electron chi connectivity index (χ3n) is 3.34. The summed E-state index contributed by atoms with van der Waals surface area (Å²) in [5, 5.41) is 11.5. The number of aliphatic carboxylic acids is 1. The molecule has 1 atom stereocenters. The highest BCUT2D eigenvalue weighted by molar-refractivity contribution is 5.80. The van der Waals surface area contributed by atoms with Gasteiger partial charge in [-0.1, -0.05) is 38.1 Å². The molecule has 6 heteroatoms. The van der Waals surface area contributed by atoms with Gasteiger partial charge >= 0.3 is 12.1 Å². The summed E-state index contributed by atoms with van der Waals surface area (Å²) < 4.78 is 37.1. The predicted octanol–water partition coefficient (Wildman–Crippen LogP) is 3.09. The Labute approximate surface area is 115 Å². The SMILES string of the molecule is CCc1ccc(C(CC)(NCC(F)(F)F)C(=O)O)cc1. The minimum absolute atomic E-state index is 0.0177. The number of alkyl halides is 3. The lowest BCUT2D eigenvalue weighted by Gasteiger charge is -2.30. The molecule has 0 bridgehead atoms. The number of carboxylic acid groups (broad SMARTS) is 1. The second-order valence-corrected chi connectivity index (χ2v) is 4.58. The fourth-order valence-corrected chi connectivity index (χ4v) is 2.06. The molecular formula is C14H18F3NO2. The average Bonchev–Trinajstić information content (AvgIpc) is 2.39. The first-order valence-electron chi connectivity index (χ1n) is 6.39. The van der Waals surface area contributed by atoms with E-state index in [1.807, 2.05) is 6.92 Å². The fourth-order valence-electron chi connectivity index (χ4n) is 2.06. The predicted molar refractivity (Wildman–Crippen MR) is 69.5 cm³/mol. The number of nitrogens with one attached hydrogen (secondary N) is 1. The zero-order chi connectivity index (χ0) is 15.4. The number of hydrogen-bond donors (Lipinski definition) is 2. The molecule has 3 nitrogen and oxygen atoms in total. The van der Waals surface area contributed by atoms with Crippen molar-refractivity contribution in [3.63, 3.8) is 0 Å². The van der Waals surface area contributed by atoms with Crippen LogP contribution in [0.3, 0.4) is 0 Å². The van der Waals surface area contributed by atoms with Crippen molar-refractivity contribution in [1.82, 2.24) is 5.32 Å². The van der Waals surface area contributed by atoms with Crippen molar-refractivity contribution < 1.29 is 23.1 Å². The third kappa shape index (κ3) is 3.72. The maximum absolute atomic E-state index is 12.4. The van der Waals surface area contributed by atoms with E-state index in [2.05, 4.69) is 5.32 Å². The summed E-state index contributed by atoms with van der Waals surface area (Å²) in [6.07, 6.45) is -3.66. The lowest BCUT2D eigenvalue weighted by Crippen LogP contribution is -2.51. The first kappa shape index (κ1) is 16.5. The fraction of sp³-hybridized carbons (Fsp3) is 0.500. The number of aryl methyl sites for hydroxylation is 1. The molecule has 0 heterocycles. The van der Waals surface area contributed by atoms with E-state index in [0.717, 1.165) is 12.0 Å². The molecule has 0 radical (unpaired) electrons. The Bertz CT molecular complexity index is 456. The molecular weight excluding hydrogens is 271 g/mol. The van der Waals surface area contributed by atoms with Crippen LogP contribution < -0.4 is 5.32 Å². The third-order valence-corrected chi connectivity index (χ3v) is 3.34. The highest BCUT2D eigenvalue weighted by Crippen LogP contribution is 2.27. The van der Waals surface area contributed by atoms with E-state index in [1.54, 1.807) is 31.2 Å². The quantitative estimate of drug-likeness (QED) is 0.846. The van der Waals surface area contributed by atoms with Gasteiger partial charge in [-0.15, -0.1) is 0 Å². The van der Waals surface area contributed by atoms with Crippen molar-refractivity contribution in [2.45, 2.75) is 38.4 Å². The van der Waals surface area contributed by atoms with Gasteiger partial charge in [0.25, 0.3) is 0 Å². The van der Waals surface area contributed by atoms with Gasteiger partial charge in [0.15, 0.2) is 0 Å². The number of carboxylic acids is 1. The van der Waals surface area contributed by atoms with E-state index in [0.29, 0.717) is 5.56 Å². The Morgan fingerprint density at radius 3 is 2.10 bits per heavy atom. The average molecular weight is 289 g/mol. The van der Waals surface area contributed by atoms with E-state index < -0.39 is 24.2 Å². The molecule has 0 spiro atoms. The Morgan fingerprint density at radius 1 is 1.20 bits per heavy atom. The summed E-state index contributed by atoms with van der Waals surface area (Å²) >= 11 is 0. The van der Waals surface area contributed by atoms with Crippen LogP contribution in [-0.4, -0.2) is 23.8 Å². The molecule has 1 unspecified atom stereocenters. The number of rotatable bonds is 6. The molecule has 1 rings (SSSR count). The van der Waals surface area contributed by atoms with Crippen LogP contribution in [0.5, 0.6) is 0 Å². The Morgan fingerprint density at radius 2 is 1.75 bits per heavy atom. The minimum Gasteiger partial charge on any atom is -0.480 e. The molecule has 2 N–H and O–H groups in total. The monoisotopic (exact) mass is 289 g/mol. The Kier molecular flexibility index (Phi) is 5.16. The second kappa shape index (κ2) is 6.26. The van der Waals surface area contributed by atoms with Crippen molar-refractivity contribution >= 4 is 5.97 Å². The highest BCUT2D eigenvalue weighted by atomic mass is 19.4. The Hall–Kier alpha value is -1.56. The molecule has 20 heavy (non-hydrogen) atoms. The van der Waals surface area contributed by atoms with Crippen LogP contribution in [0.1, 0.15) is 31.4 Å². The Balaban J connectivity index is 3.12. The normalized spacial score (nSPS) is 14.8. The zero-order valence-corrected chi connectivity index (χ0v) is 11.4. The number of hydrogen-bond acceptors (Lipinski definition) is 2. The van der Waals surface area contributed by atoms with Gasteiger partial charge in [-0.05, 0) is 24.0 Å². The summed E-state index contributed by atoms with van der Waals surface area (Å²) in [4.78, 5) is 11.5. The molecule has 0 amide bonds. The van der Waals surface area contributed by atoms with Crippen LogP contribution in [0.4, 0.5) is 13.2 Å². The molecule has 0 fully saturated rings. The van der Waals surface area contributed by atoms with Crippen molar-refractivity contribution in [3.8, 4) is 0 Å². The lowest BCUT2D eigenvalue weighted by molar-refractivity contribution is -0.151. The first-order chi connectivity index (χ1) is 9.25. The van der Waals surface area contributed by atoms with Gasteiger partial charge in [-0.3, -0.25) is 5.32 Å². The summed E-state index contributed by atoms with van der Waals surface area (Å²) in [5.74, 6) is -1.31. The van der Waals surface area contributed by atoms with Crippen LogP contribution >= 0.6 is 0 Å². The van der Waals surface area contributed by atoms with Crippen molar-refractivity contribution in [3.05, 3.63) is 35.4 Å². The van der Waals surface area contributed by atoms with Crippen LogP contribution in [-0.2, 0) is 16.8 Å². The smallest absolute Gasteiger partial charge is 0.401 e. The van der Waals surface area contributed by atoms with Crippen molar-refractivity contribution in [2.24, 2.45) is 0 Å². The molecule has 0 aliphatic carbocycles. The van der Waals surface area contributed by atoms with Gasteiger partial charge < -0.3 is 5.11 Å². The van der Waals surface area contributed by atoms with Crippen LogP contribution in [0, 0.1) is 0 Å². The minimum atomic E-state index is -4.46. The molecule has 0 saturated heterocycles. The van der Waals surface area contributed by atoms with Crippen LogP contribution in [0.25, 0.3) is 0 Å². The molecule has 0 saturated carbocycles.